The van der Waals surface area contributed by atoms with E-state index in [2.05, 4.69) is 36.0 Å². The Bertz CT molecular complexity index is 1360. The maximum Gasteiger partial charge on any atom is 0.270 e. The first-order valence-corrected chi connectivity index (χ1v) is 12.4. The highest BCUT2D eigenvalue weighted by Crippen LogP contribution is 2.36. The van der Waals surface area contributed by atoms with Crippen LogP contribution >= 0.6 is 0 Å². The molecular weight excluding hydrogens is 490 g/mol. The molecule has 4 aromatic rings. The van der Waals surface area contributed by atoms with Gasteiger partial charge in [-0.3, -0.25) is 14.9 Å². The molecule has 198 valence electrons. The minimum absolute atomic E-state index is 0.0730. The van der Waals surface area contributed by atoms with Gasteiger partial charge in [-0.05, 0) is 31.9 Å². The smallest absolute Gasteiger partial charge is 0.270 e. The van der Waals surface area contributed by atoms with Crippen LogP contribution < -0.4 is 15.5 Å². The maximum atomic E-state index is 13.0. The molecule has 1 amide bonds. The summed E-state index contributed by atoms with van der Waals surface area (Å²) in [5.74, 6) is 1.71. The van der Waals surface area contributed by atoms with Crippen LogP contribution in [0.3, 0.4) is 0 Å². The number of aliphatic hydroxyl groups excluding tert-OH is 1. The number of hydrogen-bond acceptors (Lipinski definition) is 11. The van der Waals surface area contributed by atoms with Crippen LogP contribution in [0.5, 0.6) is 0 Å². The van der Waals surface area contributed by atoms with Crippen molar-refractivity contribution < 1.29 is 19.2 Å². The summed E-state index contributed by atoms with van der Waals surface area (Å²) in [6.07, 6.45) is 3.43. The molecule has 0 unspecified atom stereocenters. The van der Waals surface area contributed by atoms with Crippen molar-refractivity contribution in [2.24, 2.45) is 0 Å². The van der Waals surface area contributed by atoms with E-state index in [-0.39, 0.29) is 44.0 Å². The summed E-state index contributed by atoms with van der Waals surface area (Å²) in [6, 6.07) is 10.8. The van der Waals surface area contributed by atoms with Crippen LogP contribution in [0.2, 0.25) is 0 Å². The summed E-state index contributed by atoms with van der Waals surface area (Å²) in [4.78, 5) is 28.6. The Balaban J connectivity index is 1.40. The Kier molecular flexibility index (Phi) is 7.85. The van der Waals surface area contributed by atoms with E-state index in [1.807, 2.05) is 42.2 Å². The predicted octanol–water partition coefficient (Wildman–Crippen LogP) is 2.38. The fourth-order valence-corrected chi connectivity index (χ4v) is 4.23. The molecule has 0 aromatic carbocycles. The van der Waals surface area contributed by atoms with E-state index < -0.39 is 0 Å². The molecule has 0 aliphatic carbocycles. The molecule has 1 aliphatic heterocycles. The van der Waals surface area contributed by atoms with Crippen molar-refractivity contribution in [3.05, 3.63) is 59.7 Å². The lowest BCUT2D eigenvalue weighted by molar-refractivity contribution is 0.0835. The normalized spacial score (nSPS) is 15.1. The Morgan fingerprint density at radius 2 is 2.13 bits per heavy atom. The standard InChI is InChI=1S/C25H29N9O4/c1-16-13-23(32-31-16)29-22-15-19(24(36)27-8-11-37-12-10-35)28-25(30-22)34-9-4-6-20(34)21-14-18(33-38-21)17-5-2-3-7-26-17/h2-3,5,7,13-15,20,35H,4,6,8-12H2,1H3,(H,27,36)(H2,28,29,30,31,32)/t20-/m0/s1. The van der Waals surface area contributed by atoms with Crippen molar-refractivity contribution in [2.45, 2.75) is 25.8 Å². The van der Waals surface area contributed by atoms with Crippen LogP contribution in [0, 0.1) is 6.92 Å². The zero-order chi connectivity index (χ0) is 26.3. The Morgan fingerprint density at radius 1 is 1.21 bits per heavy atom. The fourth-order valence-electron chi connectivity index (χ4n) is 4.23. The monoisotopic (exact) mass is 519 g/mol. The first kappa shape index (κ1) is 25.3. The second-order valence-corrected chi connectivity index (χ2v) is 8.77. The second-order valence-electron chi connectivity index (χ2n) is 8.77. The minimum Gasteiger partial charge on any atom is -0.394 e. The summed E-state index contributed by atoms with van der Waals surface area (Å²) in [5.41, 5.74) is 2.47. The molecule has 13 nitrogen and oxygen atoms in total. The van der Waals surface area contributed by atoms with Crippen molar-refractivity contribution in [1.29, 1.82) is 0 Å². The van der Waals surface area contributed by atoms with E-state index in [0.29, 0.717) is 35.6 Å². The average Bonchev–Trinajstić information content (AvgIpc) is 3.70. The quantitative estimate of drug-likeness (QED) is 0.215. The number of aliphatic hydroxyl groups is 1. The number of anilines is 3. The van der Waals surface area contributed by atoms with E-state index in [9.17, 15) is 4.79 Å². The number of nitrogens with zero attached hydrogens (tertiary/aromatic N) is 6. The van der Waals surface area contributed by atoms with Crippen LogP contribution in [0.25, 0.3) is 11.4 Å². The Labute approximate surface area is 218 Å². The van der Waals surface area contributed by atoms with Crippen molar-refractivity contribution in [3.8, 4) is 11.4 Å². The molecule has 0 radical (unpaired) electrons. The van der Waals surface area contributed by atoms with Gasteiger partial charge < -0.3 is 29.9 Å². The number of rotatable bonds is 11. The van der Waals surface area contributed by atoms with Crippen molar-refractivity contribution in [1.82, 2.24) is 35.6 Å². The topological polar surface area (TPSA) is 167 Å². The van der Waals surface area contributed by atoms with Crippen LogP contribution in [0.1, 0.15) is 40.8 Å². The molecule has 4 N–H and O–H groups in total. The van der Waals surface area contributed by atoms with E-state index in [1.165, 1.54) is 0 Å². The number of carbonyl (C=O) groups is 1. The number of nitrogens with one attached hydrogen (secondary N) is 3. The largest absolute Gasteiger partial charge is 0.394 e. The van der Waals surface area contributed by atoms with Gasteiger partial charge in [-0.1, -0.05) is 11.2 Å². The molecule has 0 saturated carbocycles. The van der Waals surface area contributed by atoms with Gasteiger partial charge in [0.25, 0.3) is 5.91 Å². The van der Waals surface area contributed by atoms with Crippen molar-refractivity contribution in [2.75, 3.05) is 43.1 Å². The number of hydrogen-bond donors (Lipinski definition) is 4. The summed E-state index contributed by atoms with van der Waals surface area (Å²) >= 11 is 0. The van der Waals surface area contributed by atoms with E-state index in [1.54, 1.807) is 12.3 Å². The zero-order valence-electron chi connectivity index (χ0n) is 20.9. The van der Waals surface area contributed by atoms with Gasteiger partial charge in [-0.2, -0.15) is 10.1 Å². The van der Waals surface area contributed by atoms with Crippen LogP contribution in [0.15, 0.2) is 47.1 Å². The third kappa shape index (κ3) is 5.95. The van der Waals surface area contributed by atoms with Gasteiger partial charge >= 0.3 is 0 Å². The number of carbonyl (C=O) groups excluding carboxylic acids is 1. The minimum atomic E-state index is -0.365. The molecule has 1 atom stereocenters. The molecule has 1 fully saturated rings. The number of aromatic nitrogens is 6. The molecule has 1 aliphatic rings. The SMILES string of the molecule is Cc1cc(Nc2cc(C(=O)NCCOCCO)nc(N3CCC[C@H]3c3cc(-c4ccccn4)no3)n2)n[nH]1. The molecule has 5 heterocycles. The number of aromatic amines is 1. The molecule has 5 rings (SSSR count). The van der Waals surface area contributed by atoms with Crippen molar-refractivity contribution in [3.63, 3.8) is 0 Å². The first-order valence-electron chi connectivity index (χ1n) is 12.4. The molecule has 13 heteroatoms. The fraction of sp³-hybridized carbons (Fsp3) is 0.360. The first-order chi connectivity index (χ1) is 18.6. The maximum absolute atomic E-state index is 13.0. The number of aryl methyl sites for hydroxylation is 1. The lowest BCUT2D eigenvalue weighted by Crippen LogP contribution is -2.30. The van der Waals surface area contributed by atoms with Crippen LogP contribution in [-0.4, -0.2) is 74.2 Å². The lowest BCUT2D eigenvalue weighted by atomic mass is 10.1. The van der Waals surface area contributed by atoms with E-state index in [4.69, 9.17) is 19.4 Å². The number of ether oxygens (including phenoxy) is 1. The van der Waals surface area contributed by atoms with Gasteiger partial charge in [0, 0.05) is 43.2 Å². The third-order valence-electron chi connectivity index (χ3n) is 5.97. The number of H-pyrrole nitrogens is 1. The van der Waals surface area contributed by atoms with E-state index >= 15 is 0 Å². The summed E-state index contributed by atoms with van der Waals surface area (Å²) in [6.45, 7) is 3.28. The Hall–Kier alpha value is -4.36. The molecule has 0 bridgehead atoms. The van der Waals surface area contributed by atoms with Crippen LogP contribution in [0.4, 0.5) is 17.6 Å². The highest BCUT2D eigenvalue weighted by Gasteiger charge is 2.32. The van der Waals surface area contributed by atoms with Crippen LogP contribution in [-0.2, 0) is 4.74 Å². The molecular formula is C25H29N9O4. The third-order valence-corrected chi connectivity index (χ3v) is 5.97. The van der Waals surface area contributed by atoms with Gasteiger partial charge in [0.1, 0.15) is 17.2 Å². The molecule has 0 spiro atoms. The highest BCUT2D eigenvalue weighted by molar-refractivity contribution is 5.93. The number of pyridine rings is 1. The van der Waals surface area contributed by atoms with Gasteiger partial charge in [0.15, 0.2) is 11.6 Å². The van der Waals surface area contributed by atoms with Gasteiger partial charge in [-0.15, -0.1) is 0 Å². The van der Waals surface area contributed by atoms with Crippen molar-refractivity contribution >= 4 is 23.5 Å². The zero-order valence-corrected chi connectivity index (χ0v) is 20.9. The molecule has 4 aromatic heterocycles. The number of amides is 1. The summed E-state index contributed by atoms with van der Waals surface area (Å²) < 4.78 is 10.9. The second kappa shape index (κ2) is 11.8. The molecule has 1 saturated heterocycles. The van der Waals surface area contributed by atoms with Gasteiger partial charge in [0.2, 0.25) is 5.95 Å². The highest BCUT2D eigenvalue weighted by atomic mass is 16.5. The summed E-state index contributed by atoms with van der Waals surface area (Å²) in [7, 11) is 0. The molecule has 38 heavy (non-hydrogen) atoms. The van der Waals surface area contributed by atoms with Gasteiger partial charge in [-0.25, -0.2) is 4.98 Å². The van der Waals surface area contributed by atoms with E-state index in [0.717, 1.165) is 24.2 Å². The average molecular weight is 520 g/mol. The Morgan fingerprint density at radius 3 is 2.92 bits per heavy atom. The van der Waals surface area contributed by atoms with Gasteiger partial charge in [0.05, 0.1) is 31.6 Å². The predicted molar refractivity (Wildman–Crippen MR) is 138 cm³/mol. The lowest BCUT2D eigenvalue weighted by Gasteiger charge is -2.23. The summed E-state index contributed by atoms with van der Waals surface area (Å²) in [5, 5.41) is 26.1.